The summed E-state index contributed by atoms with van der Waals surface area (Å²) in [5.74, 6) is 0.703. The number of rotatable bonds is 4. The monoisotopic (exact) mass is 293 g/mol. The number of methoxy groups -OCH3 is 1. The Morgan fingerprint density at radius 2 is 2.38 bits per heavy atom. The molecular formula is C16H24FN3O. The van der Waals surface area contributed by atoms with Gasteiger partial charge in [0.2, 0.25) is 0 Å². The van der Waals surface area contributed by atoms with Gasteiger partial charge in [0.15, 0.2) is 0 Å². The molecule has 1 saturated heterocycles. The maximum Gasteiger partial charge on any atom is 0.141 e. The second kappa shape index (κ2) is 5.54. The summed E-state index contributed by atoms with van der Waals surface area (Å²) in [7, 11) is 1.75. The number of nitrogens with zero attached hydrogens (tertiary/aromatic N) is 2. The molecule has 2 aliphatic heterocycles. The van der Waals surface area contributed by atoms with E-state index in [4.69, 9.17) is 4.74 Å². The summed E-state index contributed by atoms with van der Waals surface area (Å²) in [4.78, 5) is 6.74. The van der Waals surface area contributed by atoms with Crippen LogP contribution in [0.3, 0.4) is 0 Å². The van der Waals surface area contributed by atoms with Gasteiger partial charge < -0.3 is 15.0 Å². The van der Waals surface area contributed by atoms with Gasteiger partial charge in [0.25, 0.3) is 0 Å². The van der Waals surface area contributed by atoms with Gasteiger partial charge in [-0.3, -0.25) is 0 Å². The van der Waals surface area contributed by atoms with Crippen molar-refractivity contribution in [3.05, 3.63) is 23.6 Å². The number of hydrogen-bond donors (Lipinski definition) is 1. The first-order valence-corrected chi connectivity index (χ1v) is 7.78. The molecule has 21 heavy (non-hydrogen) atoms. The molecule has 0 aliphatic carbocycles. The van der Waals surface area contributed by atoms with E-state index in [1.54, 1.807) is 13.2 Å². The van der Waals surface area contributed by atoms with E-state index in [0.717, 1.165) is 37.2 Å². The first-order chi connectivity index (χ1) is 10.1. The molecule has 1 aromatic rings. The fourth-order valence-electron chi connectivity index (χ4n) is 4.03. The molecule has 0 saturated carbocycles. The third-order valence-electron chi connectivity index (χ3n) is 4.86. The number of ether oxygens (including phenoxy) is 1. The highest BCUT2D eigenvalue weighted by atomic mass is 19.1. The van der Waals surface area contributed by atoms with Gasteiger partial charge in [-0.25, -0.2) is 9.37 Å². The fraction of sp³-hybridized carbons (Fsp3) is 0.688. The van der Waals surface area contributed by atoms with Gasteiger partial charge in [-0.1, -0.05) is 13.3 Å². The topological polar surface area (TPSA) is 37.4 Å². The van der Waals surface area contributed by atoms with Gasteiger partial charge in [-0.15, -0.1) is 0 Å². The first kappa shape index (κ1) is 14.7. The Morgan fingerprint density at radius 3 is 3.10 bits per heavy atom. The Bertz CT molecular complexity index is 516. The first-order valence-electron chi connectivity index (χ1n) is 7.78. The summed E-state index contributed by atoms with van der Waals surface area (Å²) >= 11 is 0. The van der Waals surface area contributed by atoms with Crippen LogP contribution in [0.2, 0.25) is 0 Å². The average molecular weight is 293 g/mol. The van der Waals surface area contributed by atoms with Gasteiger partial charge >= 0.3 is 0 Å². The lowest BCUT2D eigenvalue weighted by atomic mass is 9.81. The Kier molecular flexibility index (Phi) is 3.88. The standard InChI is InChI=1S/C16H24FN3O/c1-4-5-16(10-21-3)14-7-12-6-13(17)9-18-15(12)20(14)11(2)8-19-16/h6,9,11,14,19H,4-5,7-8,10H2,1-3H3. The van der Waals surface area contributed by atoms with Crippen LogP contribution in [0.1, 0.15) is 32.3 Å². The number of nitrogens with one attached hydrogen (secondary N) is 1. The van der Waals surface area contributed by atoms with E-state index in [-0.39, 0.29) is 17.4 Å². The van der Waals surface area contributed by atoms with Crippen LogP contribution in [0.15, 0.2) is 12.3 Å². The molecule has 0 radical (unpaired) electrons. The maximum absolute atomic E-state index is 13.5. The van der Waals surface area contributed by atoms with Crippen molar-refractivity contribution >= 4 is 5.82 Å². The van der Waals surface area contributed by atoms with Crippen LogP contribution in [0, 0.1) is 5.82 Å². The van der Waals surface area contributed by atoms with Gasteiger partial charge in [0.05, 0.1) is 24.4 Å². The third kappa shape index (κ3) is 2.32. The quantitative estimate of drug-likeness (QED) is 0.923. The lowest BCUT2D eigenvalue weighted by Gasteiger charge is -2.51. The summed E-state index contributed by atoms with van der Waals surface area (Å²) in [6.07, 6.45) is 4.30. The molecule has 4 nitrogen and oxygen atoms in total. The second-order valence-electron chi connectivity index (χ2n) is 6.33. The number of fused-ring (bicyclic) bond motifs is 3. The van der Waals surface area contributed by atoms with Crippen LogP contribution >= 0.6 is 0 Å². The number of aromatic nitrogens is 1. The second-order valence-corrected chi connectivity index (χ2v) is 6.33. The number of anilines is 1. The molecule has 3 atom stereocenters. The third-order valence-corrected chi connectivity index (χ3v) is 4.86. The number of halogens is 1. The molecule has 0 amide bonds. The lowest BCUT2D eigenvalue weighted by molar-refractivity contribution is 0.0676. The molecule has 3 unspecified atom stereocenters. The predicted octanol–water partition coefficient (Wildman–Crippen LogP) is 2.13. The van der Waals surface area contributed by atoms with Crippen molar-refractivity contribution in [1.82, 2.24) is 10.3 Å². The predicted molar refractivity (Wildman–Crippen MR) is 81.1 cm³/mol. The van der Waals surface area contributed by atoms with Crippen LogP contribution in [0.4, 0.5) is 10.2 Å². The fourth-order valence-corrected chi connectivity index (χ4v) is 4.03. The summed E-state index contributed by atoms with van der Waals surface area (Å²) in [6.45, 7) is 5.97. The molecule has 0 aromatic carbocycles. The van der Waals surface area contributed by atoms with E-state index >= 15 is 0 Å². The van der Waals surface area contributed by atoms with E-state index in [2.05, 4.69) is 29.0 Å². The highest BCUT2D eigenvalue weighted by Crippen LogP contribution is 2.40. The van der Waals surface area contributed by atoms with Crippen LogP contribution in [-0.4, -0.2) is 42.9 Å². The van der Waals surface area contributed by atoms with Gasteiger partial charge in [0, 0.05) is 19.7 Å². The molecule has 3 rings (SSSR count). The zero-order valence-electron chi connectivity index (χ0n) is 13.0. The van der Waals surface area contributed by atoms with Crippen molar-refractivity contribution in [3.63, 3.8) is 0 Å². The molecule has 1 N–H and O–H groups in total. The van der Waals surface area contributed by atoms with Crippen LogP contribution in [0.5, 0.6) is 0 Å². The highest BCUT2D eigenvalue weighted by Gasteiger charge is 2.50. The van der Waals surface area contributed by atoms with Gasteiger partial charge in [0.1, 0.15) is 11.6 Å². The molecule has 116 valence electrons. The van der Waals surface area contributed by atoms with Crippen molar-refractivity contribution in [2.75, 3.05) is 25.2 Å². The Hall–Kier alpha value is -1.20. The van der Waals surface area contributed by atoms with E-state index in [9.17, 15) is 4.39 Å². The SMILES string of the molecule is CCCC1(COC)NCC(C)N2c3ncc(F)cc3CC21. The molecule has 1 aromatic heterocycles. The van der Waals surface area contributed by atoms with Crippen molar-refractivity contribution in [2.45, 2.75) is 50.7 Å². The molecule has 1 fully saturated rings. The van der Waals surface area contributed by atoms with Gasteiger partial charge in [-0.05, 0) is 31.4 Å². The Morgan fingerprint density at radius 1 is 1.57 bits per heavy atom. The zero-order chi connectivity index (χ0) is 15.0. The van der Waals surface area contributed by atoms with Crippen molar-refractivity contribution in [3.8, 4) is 0 Å². The minimum absolute atomic E-state index is 0.0762. The normalized spacial score (nSPS) is 31.1. The lowest BCUT2D eigenvalue weighted by Crippen LogP contribution is -2.70. The molecule has 0 spiro atoms. The molecular weight excluding hydrogens is 269 g/mol. The van der Waals surface area contributed by atoms with E-state index in [1.165, 1.54) is 6.20 Å². The summed E-state index contributed by atoms with van der Waals surface area (Å²) in [5, 5.41) is 3.72. The highest BCUT2D eigenvalue weighted by molar-refractivity contribution is 5.57. The molecule has 2 aliphatic rings. The minimum Gasteiger partial charge on any atom is -0.383 e. The summed E-state index contributed by atoms with van der Waals surface area (Å²) in [6, 6.07) is 2.28. The summed E-state index contributed by atoms with van der Waals surface area (Å²) in [5.41, 5.74) is 0.944. The van der Waals surface area contributed by atoms with Crippen molar-refractivity contribution < 1.29 is 9.13 Å². The number of pyridine rings is 1. The minimum atomic E-state index is -0.248. The smallest absolute Gasteiger partial charge is 0.141 e. The summed E-state index contributed by atoms with van der Waals surface area (Å²) < 4.78 is 19.0. The van der Waals surface area contributed by atoms with Crippen LogP contribution in [-0.2, 0) is 11.2 Å². The van der Waals surface area contributed by atoms with Crippen LogP contribution in [0.25, 0.3) is 0 Å². The maximum atomic E-state index is 13.5. The largest absolute Gasteiger partial charge is 0.383 e. The Labute approximate surface area is 125 Å². The van der Waals surface area contributed by atoms with Crippen molar-refractivity contribution in [2.24, 2.45) is 0 Å². The van der Waals surface area contributed by atoms with E-state index < -0.39 is 0 Å². The average Bonchev–Trinajstić information content (AvgIpc) is 2.83. The molecule has 0 bridgehead atoms. The van der Waals surface area contributed by atoms with Gasteiger partial charge in [-0.2, -0.15) is 0 Å². The Balaban J connectivity index is 2.00. The molecule has 3 heterocycles. The van der Waals surface area contributed by atoms with E-state index in [0.29, 0.717) is 12.6 Å². The molecule has 5 heteroatoms. The van der Waals surface area contributed by atoms with E-state index in [1.807, 2.05) is 0 Å². The number of hydrogen-bond acceptors (Lipinski definition) is 4. The number of piperazine rings is 1. The van der Waals surface area contributed by atoms with Crippen LogP contribution < -0.4 is 10.2 Å². The zero-order valence-corrected chi connectivity index (χ0v) is 13.0. The van der Waals surface area contributed by atoms with Crippen molar-refractivity contribution in [1.29, 1.82) is 0 Å².